The molecule has 0 aliphatic heterocycles. The second kappa shape index (κ2) is 5.60. The monoisotopic (exact) mass is 393 g/mol. The van der Waals surface area contributed by atoms with Gasteiger partial charge in [0.1, 0.15) is 0 Å². The van der Waals surface area contributed by atoms with E-state index in [-0.39, 0.29) is 5.69 Å². The number of hydrogen-bond donors (Lipinski definition) is 0. The van der Waals surface area contributed by atoms with Crippen LogP contribution in [0.5, 0.6) is 0 Å². The molecule has 21 heavy (non-hydrogen) atoms. The van der Waals surface area contributed by atoms with Gasteiger partial charge in [-0.25, -0.2) is 0 Å². The van der Waals surface area contributed by atoms with E-state index in [1.54, 1.807) is 12.1 Å². The average molecular weight is 393 g/mol. The minimum Gasteiger partial charge on any atom is -0.334 e. The van der Waals surface area contributed by atoms with E-state index in [2.05, 4.69) is 32.7 Å². The third-order valence-electron chi connectivity index (χ3n) is 2.83. The van der Waals surface area contributed by atoms with Gasteiger partial charge in [-0.15, -0.1) is 0 Å². The molecule has 0 fully saturated rings. The molecule has 1 heterocycles. The maximum atomic E-state index is 10.6. The van der Waals surface area contributed by atoms with Crippen LogP contribution in [0.25, 0.3) is 22.8 Å². The van der Waals surface area contributed by atoms with Crippen LogP contribution in [-0.2, 0) is 0 Å². The number of rotatable bonds is 3. The van der Waals surface area contributed by atoms with Crippen molar-refractivity contribution in [2.24, 2.45) is 0 Å². The molecule has 0 spiro atoms. The van der Waals surface area contributed by atoms with Gasteiger partial charge in [-0.05, 0) is 52.9 Å². The molecule has 0 aliphatic carbocycles. The van der Waals surface area contributed by atoms with E-state index < -0.39 is 4.92 Å². The topological polar surface area (TPSA) is 82.1 Å². The molecule has 0 atom stereocenters. The van der Waals surface area contributed by atoms with E-state index >= 15 is 0 Å². The number of nitro groups is 1. The fourth-order valence-electron chi connectivity index (χ4n) is 1.81. The van der Waals surface area contributed by atoms with Gasteiger partial charge in [-0.3, -0.25) is 10.1 Å². The fraction of sp³-hybridized carbons (Fsp3) is 0. The Morgan fingerprint density at radius 1 is 1.10 bits per heavy atom. The third-order valence-corrected chi connectivity index (χ3v) is 3.50. The summed E-state index contributed by atoms with van der Waals surface area (Å²) in [5.74, 6) is 0.820. The third kappa shape index (κ3) is 2.92. The van der Waals surface area contributed by atoms with Crippen LogP contribution < -0.4 is 0 Å². The van der Waals surface area contributed by atoms with E-state index in [9.17, 15) is 10.1 Å². The van der Waals surface area contributed by atoms with Gasteiger partial charge in [0, 0.05) is 26.8 Å². The molecule has 0 N–H and O–H groups in total. The van der Waals surface area contributed by atoms with Gasteiger partial charge < -0.3 is 4.52 Å². The van der Waals surface area contributed by atoms with Gasteiger partial charge in [-0.1, -0.05) is 11.2 Å². The molecule has 7 heteroatoms. The first-order valence-corrected chi connectivity index (χ1v) is 7.06. The Labute approximate surface area is 133 Å². The number of benzene rings is 2. The summed E-state index contributed by atoms with van der Waals surface area (Å²) in [6.07, 6.45) is 0. The molecule has 0 aliphatic rings. The zero-order valence-electron chi connectivity index (χ0n) is 10.6. The van der Waals surface area contributed by atoms with Crippen molar-refractivity contribution in [1.29, 1.82) is 0 Å². The SMILES string of the molecule is O=[N+]([O-])c1ccc(-c2noc(-c3cccc(I)c3)n2)cc1. The number of nitrogens with zero attached hydrogens (tertiary/aromatic N) is 3. The first kappa shape index (κ1) is 13.7. The lowest BCUT2D eigenvalue weighted by atomic mass is 10.2. The van der Waals surface area contributed by atoms with Gasteiger partial charge in [0.25, 0.3) is 11.6 Å². The summed E-state index contributed by atoms with van der Waals surface area (Å²) in [6, 6.07) is 13.7. The van der Waals surface area contributed by atoms with Gasteiger partial charge in [-0.2, -0.15) is 4.98 Å². The van der Waals surface area contributed by atoms with Crippen LogP contribution in [0.4, 0.5) is 5.69 Å². The van der Waals surface area contributed by atoms with Crippen LogP contribution in [0.3, 0.4) is 0 Å². The number of nitro benzene ring substituents is 1. The highest BCUT2D eigenvalue weighted by molar-refractivity contribution is 14.1. The predicted octanol–water partition coefficient (Wildman–Crippen LogP) is 3.92. The molecule has 0 saturated carbocycles. The molecule has 0 radical (unpaired) electrons. The summed E-state index contributed by atoms with van der Waals surface area (Å²) in [7, 11) is 0. The minimum atomic E-state index is -0.447. The van der Waals surface area contributed by atoms with E-state index in [4.69, 9.17) is 4.52 Å². The standard InChI is InChI=1S/C14H8IN3O3/c15-11-3-1-2-10(8-11)14-16-13(17-21-14)9-4-6-12(7-5-9)18(19)20/h1-8H. The molecule has 3 aromatic rings. The second-order valence-electron chi connectivity index (χ2n) is 4.24. The zero-order valence-corrected chi connectivity index (χ0v) is 12.7. The fourth-order valence-corrected chi connectivity index (χ4v) is 2.35. The average Bonchev–Trinajstić information content (AvgIpc) is 2.97. The van der Waals surface area contributed by atoms with Crippen molar-refractivity contribution in [2.45, 2.75) is 0 Å². The largest absolute Gasteiger partial charge is 0.334 e. The Morgan fingerprint density at radius 2 is 1.86 bits per heavy atom. The molecule has 0 bridgehead atoms. The quantitative estimate of drug-likeness (QED) is 0.383. The highest BCUT2D eigenvalue weighted by Gasteiger charge is 2.12. The van der Waals surface area contributed by atoms with Crippen molar-refractivity contribution in [2.75, 3.05) is 0 Å². The van der Waals surface area contributed by atoms with Crippen molar-refractivity contribution < 1.29 is 9.45 Å². The first-order chi connectivity index (χ1) is 10.1. The first-order valence-electron chi connectivity index (χ1n) is 5.98. The number of aromatic nitrogens is 2. The Bertz CT molecular complexity index is 799. The van der Waals surface area contributed by atoms with Gasteiger partial charge in [0.05, 0.1) is 4.92 Å². The van der Waals surface area contributed by atoms with E-state index in [0.29, 0.717) is 17.3 Å². The van der Waals surface area contributed by atoms with Crippen molar-refractivity contribution >= 4 is 28.3 Å². The Hall–Kier alpha value is -2.29. The molecule has 3 rings (SSSR count). The van der Waals surface area contributed by atoms with Crippen molar-refractivity contribution in [3.63, 3.8) is 0 Å². The molecule has 2 aromatic carbocycles. The molecule has 0 unspecified atom stereocenters. The van der Waals surface area contributed by atoms with E-state index in [0.717, 1.165) is 9.13 Å². The number of non-ortho nitro benzene ring substituents is 1. The van der Waals surface area contributed by atoms with Crippen LogP contribution in [0.2, 0.25) is 0 Å². The molecule has 6 nitrogen and oxygen atoms in total. The summed E-state index contributed by atoms with van der Waals surface area (Å²) < 4.78 is 6.31. The van der Waals surface area contributed by atoms with E-state index in [1.807, 2.05) is 24.3 Å². The summed E-state index contributed by atoms with van der Waals surface area (Å²) in [6.45, 7) is 0. The van der Waals surface area contributed by atoms with Gasteiger partial charge >= 0.3 is 0 Å². The van der Waals surface area contributed by atoms with Crippen molar-refractivity contribution in [3.05, 3.63) is 62.2 Å². The Kier molecular flexibility index (Phi) is 3.65. The molecule has 0 saturated heterocycles. The van der Waals surface area contributed by atoms with Gasteiger partial charge in [0.15, 0.2) is 0 Å². The van der Waals surface area contributed by atoms with E-state index in [1.165, 1.54) is 12.1 Å². The van der Waals surface area contributed by atoms with Crippen LogP contribution in [0.1, 0.15) is 0 Å². The lowest BCUT2D eigenvalue weighted by Crippen LogP contribution is -1.87. The van der Waals surface area contributed by atoms with Crippen LogP contribution in [0.15, 0.2) is 53.1 Å². The maximum Gasteiger partial charge on any atom is 0.269 e. The summed E-state index contributed by atoms with van der Waals surface area (Å²) in [4.78, 5) is 14.5. The predicted molar refractivity (Wildman–Crippen MR) is 84.5 cm³/mol. The Morgan fingerprint density at radius 3 is 2.52 bits per heavy atom. The smallest absolute Gasteiger partial charge is 0.269 e. The molecule has 104 valence electrons. The number of halogens is 1. The zero-order chi connectivity index (χ0) is 14.8. The summed E-state index contributed by atoms with van der Waals surface area (Å²) >= 11 is 2.21. The highest BCUT2D eigenvalue weighted by Crippen LogP contribution is 2.24. The normalized spacial score (nSPS) is 10.5. The van der Waals surface area contributed by atoms with Crippen LogP contribution in [-0.4, -0.2) is 15.1 Å². The second-order valence-corrected chi connectivity index (χ2v) is 5.48. The van der Waals surface area contributed by atoms with Crippen LogP contribution in [0, 0.1) is 13.7 Å². The van der Waals surface area contributed by atoms with Gasteiger partial charge in [0.2, 0.25) is 5.82 Å². The molecular weight excluding hydrogens is 385 g/mol. The minimum absolute atomic E-state index is 0.0279. The summed E-state index contributed by atoms with van der Waals surface area (Å²) in [5.41, 5.74) is 1.53. The summed E-state index contributed by atoms with van der Waals surface area (Å²) in [5, 5.41) is 14.5. The van der Waals surface area contributed by atoms with Crippen molar-refractivity contribution in [3.8, 4) is 22.8 Å². The molecule has 1 aromatic heterocycles. The molecule has 0 amide bonds. The van der Waals surface area contributed by atoms with Crippen LogP contribution >= 0.6 is 22.6 Å². The molecular formula is C14H8IN3O3. The highest BCUT2D eigenvalue weighted by atomic mass is 127. The lowest BCUT2D eigenvalue weighted by molar-refractivity contribution is -0.384. The van der Waals surface area contributed by atoms with Crippen molar-refractivity contribution in [1.82, 2.24) is 10.1 Å². The maximum absolute atomic E-state index is 10.6. The lowest BCUT2D eigenvalue weighted by Gasteiger charge is -1.95. The Balaban J connectivity index is 1.93. The number of hydrogen-bond acceptors (Lipinski definition) is 5.